The number of anilines is 2. The number of nitrogens with one attached hydrogen (secondary N) is 3. The number of hydrogen-bond donors (Lipinski definition) is 3. The number of carbonyl (C=O) groups is 2. The van der Waals surface area contributed by atoms with Gasteiger partial charge in [0.15, 0.2) is 0 Å². The Hall–Kier alpha value is -3.10. The van der Waals surface area contributed by atoms with E-state index < -0.39 is 5.41 Å². The summed E-state index contributed by atoms with van der Waals surface area (Å²) in [6.07, 6.45) is 2.80. The van der Waals surface area contributed by atoms with Crippen LogP contribution < -0.4 is 16.0 Å². The lowest BCUT2D eigenvalue weighted by Crippen LogP contribution is -2.44. The van der Waals surface area contributed by atoms with Crippen molar-refractivity contribution in [1.29, 1.82) is 0 Å². The first kappa shape index (κ1) is 22.1. The summed E-state index contributed by atoms with van der Waals surface area (Å²) >= 11 is 3.46. The van der Waals surface area contributed by atoms with Crippen molar-refractivity contribution in [3.8, 4) is 0 Å². The van der Waals surface area contributed by atoms with E-state index in [0.29, 0.717) is 49.7 Å². The molecule has 0 unspecified atom stereocenters. The second-order valence-electron chi connectivity index (χ2n) is 7.62. The van der Waals surface area contributed by atoms with Gasteiger partial charge in [0, 0.05) is 29.1 Å². The Bertz CT molecular complexity index is 1040. The number of hydrogen-bond acceptors (Lipinski definition) is 4. The Morgan fingerprint density at radius 1 is 0.906 bits per heavy atom. The highest BCUT2D eigenvalue weighted by molar-refractivity contribution is 9.10. The minimum absolute atomic E-state index is 0.0555. The molecule has 32 heavy (non-hydrogen) atoms. The highest BCUT2D eigenvalue weighted by Crippen LogP contribution is 2.36. The van der Waals surface area contributed by atoms with Crippen LogP contribution in [0.5, 0.6) is 0 Å². The fourth-order valence-corrected chi connectivity index (χ4v) is 4.04. The third kappa shape index (κ3) is 5.20. The number of ether oxygens (including phenoxy) is 1. The lowest BCUT2D eigenvalue weighted by molar-refractivity contribution is -0.125. The van der Waals surface area contributed by atoms with Crippen LogP contribution >= 0.6 is 15.9 Å². The minimum Gasteiger partial charge on any atom is -0.467 e. The smallest absolute Gasteiger partial charge is 0.319 e. The van der Waals surface area contributed by atoms with E-state index in [9.17, 15) is 9.59 Å². The highest BCUT2D eigenvalue weighted by atomic mass is 79.9. The summed E-state index contributed by atoms with van der Waals surface area (Å²) in [5.74, 6) is 0.617. The zero-order valence-electron chi connectivity index (χ0n) is 17.4. The van der Waals surface area contributed by atoms with Crippen molar-refractivity contribution in [3.63, 3.8) is 0 Å². The van der Waals surface area contributed by atoms with Crippen LogP contribution in [-0.4, -0.2) is 25.2 Å². The monoisotopic (exact) mass is 497 g/mol. The fourth-order valence-electron chi connectivity index (χ4n) is 3.78. The summed E-state index contributed by atoms with van der Waals surface area (Å²) in [7, 11) is 0. The van der Waals surface area contributed by atoms with Gasteiger partial charge in [0.25, 0.3) is 0 Å². The Labute approximate surface area is 194 Å². The van der Waals surface area contributed by atoms with E-state index in [1.54, 1.807) is 42.7 Å². The third-order valence-corrected chi connectivity index (χ3v) is 6.11. The van der Waals surface area contributed by atoms with Crippen LogP contribution in [0.1, 0.15) is 24.2 Å². The molecule has 1 aromatic heterocycles. The summed E-state index contributed by atoms with van der Waals surface area (Å²) in [6.45, 7) is 1.38. The number of benzene rings is 2. The predicted octanol–water partition coefficient (Wildman–Crippen LogP) is 5.05. The predicted molar refractivity (Wildman–Crippen MR) is 126 cm³/mol. The molecule has 3 N–H and O–H groups in total. The maximum absolute atomic E-state index is 13.4. The molecular formula is C24H24BrN3O4. The van der Waals surface area contributed by atoms with E-state index in [4.69, 9.17) is 9.15 Å². The number of rotatable bonds is 6. The van der Waals surface area contributed by atoms with Crippen LogP contribution in [0, 0.1) is 0 Å². The molecule has 0 bridgehead atoms. The summed E-state index contributed by atoms with van der Waals surface area (Å²) in [5, 5.41) is 8.53. The van der Waals surface area contributed by atoms with Gasteiger partial charge in [-0.2, -0.15) is 0 Å². The molecule has 3 amide bonds. The van der Waals surface area contributed by atoms with Crippen LogP contribution in [0.15, 0.2) is 75.8 Å². The second kappa shape index (κ2) is 10.0. The summed E-state index contributed by atoms with van der Waals surface area (Å²) in [5.41, 5.74) is 1.63. The van der Waals surface area contributed by atoms with Crippen molar-refractivity contribution >= 4 is 39.2 Å². The van der Waals surface area contributed by atoms with Crippen molar-refractivity contribution < 1.29 is 18.7 Å². The van der Waals surface area contributed by atoms with Crippen LogP contribution in [0.25, 0.3) is 0 Å². The maximum atomic E-state index is 13.4. The molecule has 1 saturated heterocycles. The highest BCUT2D eigenvalue weighted by Gasteiger charge is 2.41. The lowest BCUT2D eigenvalue weighted by Gasteiger charge is -2.36. The molecular weight excluding hydrogens is 474 g/mol. The number of carbonyl (C=O) groups excluding carboxylic acids is 2. The first-order valence-corrected chi connectivity index (χ1v) is 11.2. The van der Waals surface area contributed by atoms with E-state index in [-0.39, 0.29) is 11.9 Å². The number of halogens is 1. The Morgan fingerprint density at radius 3 is 2.19 bits per heavy atom. The van der Waals surface area contributed by atoms with Gasteiger partial charge in [0.2, 0.25) is 5.91 Å². The first-order chi connectivity index (χ1) is 15.5. The zero-order valence-corrected chi connectivity index (χ0v) is 19.0. The molecule has 0 radical (unpaired) electrons. The van der Waals surface area contributed by atoms with Crippen molar-refractivity contribution in [2.45, 2.75) is 24.8 Å². The molecule has 2 aromatic carbocycles. The van der Waals surface area contributed by atoms with Gasteiger partial charge in [-0.25, -0.2) is 4.79 Å². The molecule has 0 atom stereocenters. The molecule has 3 aromatic rings. The van der Waals surface area contributed by atoms with E-state index in [1.165, 1.54) is 0 Å². The van der Waals surface area contributed by atoms with Crippen LogP contribution in [0.2, 0.25) is 0 Å². The molecule has 0 aliphatic carbocycles. The van der Waals surface area contributed by atoms with Gasteiger partial charge < -0.3 is 25.1 Å². The van der Waals surface area contributed by atoms with E-state index in [2.05, 4.69) is 31.9 Å². The Balaban J connectivity index is 1.39. The number of amides is 3. The molecule has 0 spiro atoms. The second-order valence-corrected chi connectivity index (χ2v) is 8.54. The maximum Gasteiger partial charge on any atom is 0.319 e. The van der Waals surface area contributed by atoms with Crippen molar-refractivity contribution in [1.82, 2.24) is 5.32 Å². The van der Waals surface area contributed by atoms with E-state index in [0.717, 1.165) is 10.0 Å². The van der Waals surface area contributed by atoms with Crippen molar-refractivity contribution in [2.75, 3.05) is 23.8 Å². The van der Waals surface area contributed by atoms with Gasteiger partial charge >= 0.3 is 6.03 Å². The quantitative estimate of drug-likeness (QED) is 0.444. The number of furan rings is 1. The zero-order chi connectivity index (χ0) is 22.4. The van der Waals surface area contributed by atoms with Gasteiger partial charge in [-0.15, -0.1) is 0 Å². The molecule has 1 fully saturated rings. The lowest BCUT2D eigenvalue weighted by atomic mass is 9.73. The summed E-state index contributed by atoms with van der Waals surface area (Å²) in [4.78, 5) is 25.4. The average molecular weight is 498 g/mol. The van der Waals surface area contributed by atoms with Crippen LogP contribution in [0.4, 0.5) is 16.2 Å². The third-order valence-electron chi connectivity index (χ3n) is 5.58. The van der Waals surface area contributed by atoms with E-state index >= 15 is 0 Å². The van der Waals surface area contributed by atoms with Gasteiger partial charge in [0.1, 0.15) is 5.76 Å². The molecule has 4 rings (SSSR count). The van der Waals surface area contributed by atoms with Crippen molar-refractivity contribution in [3.05, 3.63) is 82.7 Å². The van der Waals surface area contributed by atoms with Crippen LogP contribution in [0.3, 0.4) is 0 Å². The van der Waals surface area contributed by atoms with Gasteiger partial charge in [-0.1, -0.05) is 28.1 Å². The molecule has 1 aliphatic rings. The summed E-state index contributed by atoms with van der Waals surface area (Å²) < 4.78 is 11.7. The van der Waals surface area contributed by atoms with E-state index in [1.807, 2.05) is 24.3 Å². The molecule has 1 aliphatic heterocycles. The Kier molecular flexibility index (Phi) is 6.92. The molecule has 166 valence electrons. The van der Waals surface area contributed by atoms with Crippen LogP contribution in [-0.2, 0) is 21.5 Å². The summed E-state index contributed by atoms with van der Waals surface area (Å²) in [6, 6.07) is 18.1. The first-order valence-electron chi connectivity index (χ1n) is 10.4. The van der Waals surface area contributed by atoms with Crippen molar-refractivity contribution in [2.24, 2.45) is 0 Å². The molecule has 8 heteroatoms. The average Bonchev–Trinajstić information content (AvgIpc) is 3.34. The molecule has 7 nitrogen and oxygen atoms in total. The van der Waals surface area contributed by atoms with Gasteiger partial charge in [0.05, 0.1) is 18.2 Å². The minimum atomic E-state index is -0.637. The normalized spacial score (nSPS) is 15.0. The topological polar surface area (TPSA) is 92.6 Å². The standard InChI is InChI=1S/C24H24BrN3O4/c25-18-5-3-17(4-6-18)24(11-14-31-15-12-24)22(29)27-19-7-9-20(10-8-19)28-23(30)26-16-21-2-1-13-32-21/h1-10,13H,11-12,14-16H2,(H,27,29)(H2,26,28,30). The van der Waals surface area contributed by atoms with Gasteiger partial charge in [-0.3, -0.25) is 4.79 Å². The SMILES string of the molecule is O=C(NCc1ccco1)Nc1ccc(NC(=O)C2(c3ccc(Br)cc3)CCOCC2)cc1. The molecule has 0 saturated carbocycles. The van der Waals surface area contributed by atoms with Gasteiger partial charge in [-0.05, 0) is 66.9 Å². The fraction of sp³-hybridized carbons (Fsp3) is 0.250. The number of urea groups is 1. The largest absolute Gasteiger partial charge is 0.467 e. The Morgan fingerprint density at radius 2 is 1.56 bits per heavy atom. The molecule has 2 heterocycles.